The van der Waals surface area contributed by atoms with E-state index in [0.717, 1.165) is 0 Å². The maximum atomic E-state index is 10.9. The molecule has 0 atom stereocenters. The summed E-state index contributed by atoms with van der Waals surface area (Å²) >= 11 is 0. The Labute approximate surface area is 88.4 Å². The van der Waals surface area contributed by atoms with Gasteiger partial charge < -0.3 is 20.2 Å². The normalized spacial score (nSPS) is 9.20. The molecule has 0 aromatic carbocycles. The van der Waals surface area contributed by atoms with Gasteiger partial charge in [-0.25, -0.2) is 4.79 Å². The molecule has 0 fully saturated rings. The van der Waals surface area contributed by atoms with Gasteiger partial charge >= 0.3 is 12.1 Å². The highest BCUT2D eigenvalue weighted by atomic mass is 16.5. The van der Waals surface area contributed by atoms with Gasteiger partial charge in [-0.15, -0.1) is 0 Å². The first kappa shape index (κ1) is 13.4. The van der Waals surface area contributed by atoms with Crippen LogP contribution in [0.1, 0.15) is 19.8 Å². The van der Waals surface area contributed by atoms with E-state index in [4.69, 9.17) is 5.41 Å². The molecule has 15 heavy (non-hydrogen) atoms. The molecule has 0 spiro atoms. The largest absolute Gasteiger partial charge is 0.466 e. The average molecular weight is 216 g/mol. The van der Waals surface area contributed by atoms with Gasteiger partial charge in [0, 0.05) is 19.2 Å². The van der Waals surface area contributed by atoms with Crippen molar-refractivity contribution in [3.8, 4) is 0 Å². The lowest BCUT2D eigenvalue weighted by molar-refractivity contribution is -0.141. The summed E-state index contributed by atoms with van der Waals surface area (Å²) in [6.45, 7) is 2.11. The molecule has 2 N–H and O–H groups in total. The molecule has 0 heterocycles. The molecule has 0 bridgehead atoms. The van der Waals surface area contributed by atoms with Crippen LogP contribution in [-0.4, -0.2) is 38.0 Å². The smallest absolute Gasteiger partial charge is 0.406 e. The lowest BCUT2D eigenvalue weighted by Crippen LogP contribution is -2.21. The van der Waals surface area contributed by atoms with Gasteiger partial charge in [0.1, 0.15) is 0 Å². The summed E-state index contributed by atoms with van der Waals surface area (Å²) < 4.78 is 9.32. The second kappa shape index (κ2) is 7.78. The summed E-state index contributed by atoms with van der Waals surface area (Å²) in [5.74, 6) is -0.428. The van der Waals surface area contributed by atoms with Crippen molar-refractivity contribution in [3.63, 3.8) is 0 Å². The highest BCUT2D eigenvalue weighted by molar-refractivity contribution is 5.97. The topological polar surface area (TPSA) is 88.5 Å². The molecule has 86 valence electrons. The molecule has 0 rings (SSSR count). The summed E-state index contributed by atoms with van der Waals surface area (Å²) in [6.07, 6.45) is -0.351. The van der Waals surface area contributed by atoms with Crippen molar-refractivity contribution in [1.82, 2.24) is 5.32 Å². The Morgan fingerprint density at radius 1 is 1.33 bits per heavy atom. The Balaban J connectivity index is 3.57. The van der Waals surface area contributed by atoms with Gasteiger partial charge in [-0.3, -0.25) is 4.79 Å². The molecular weight excluding hydrogens is 200 g/mol. The van der Waals surface area contributed by atoms with E-state index in [-0.39, 0.29) is 25.2 Å². The third kappa shape index (κ3) is 7.48. The molecule has 0 aliphatic carbocycles. The second-order valence-corrected chi connectivity index (χ2v) is 2.72. The third-order valence-electron chi connectivity index (χ3n) is 1.50. The minimum atomic E-state index is -0.543. The van der Waals surface area contributed by atoms with Crippen molar-refractivity contribution in [2.24, 2.45) is 0 Å². The van der Waals surface area contributed by atoms with Crippen LogP contribution in [0, 0.1) is 5.41 Å². The van der Waals surface area contributed by atoms with E-state index in [2.05, 4.69) is 14.8 Å². The van der Waals surface area contributed by atoms with Gasteiger partial charge in [0.25, 0.3) is 0 Å². The van der Waals surface area contributed by atoms with Crippen LogP contribution < -0.4 is 5.32 Å². The van der Waals surface area contributed by atoms with Crippen molar-refractivity contribution in [2.75, 3.05) is 20.3 Å². The summed E-state index contributed by atoms with van der Waals surface area (Å²) in [5, 5.41) is 9.66. The van der Waals surface area contributed by atoms with Crippen molar-refractivity contribution in [1.29, 1.82) is 5.41 Å². The van der Waals surface area contributed by atoms with E-state index < -0.39 is 12.1 Å². The predicted octanol–water partition coefficient (Wildman–Crippen LogP) is 0.705. The van der Waals surface area contributed by atoms with E-state index in [1.165, 1.54) is 7.05 Å². The number of hydrogen-bond acceptors (Lipinski definition) is 5. The Hall–Kier alpha value is -1.59. The van der Waals surface area contributed by atoms with Crippen LogP contribution in [0.4, 0.5) is 4.79 Å². The number of amides is 1. The van der Waals surface area contributed by atoms with Crippen LogP contribution in [0.25, 0.3) is 0 Å². The van der Waals surface area contributed by atoms with Gasteiger partial charge in [0.05, 0.1) is 19.6 Å². The average Bonchev–Trinajstić information content (AvgIpc) is 2.17. The van der Waals surface area contributed by atoms with E-state index in [1.54, 1.807) is 6.92 Å². The highest BCUT2D eigenvalue weighted by Crippen LogP contribution is 1.95. The number of carbonyl (C=O) groups excluding carboxylic acids is 2. The van der Waals surface area contributed by atoms with Crippen LogP contribution >= 0.6 is 0 Å². The second-order valence-electron chi connectivity index (χ2n) is 2.72. The van der Waals surface area contributed by atoms with Crippen LogP contribution in [0.3, 0.4) is 0 Å². The van der Waals surface area contributed by atoms with E-state index >= 15 is 0 Å². The van der Waals surface area contributed by atoms with Crippen molar-refractivity contribution in [2.45, 2.75) is 19.8 Å². The predicted molar refractivity (Wildman–Crippen MR) is 54.0 cm³/mol. The fourth-order valence-corrected chi connectivity index (χ4v) is 0.814. The summed E-state index contributed by atoms with van der Waals surface area (Å²) in [4.78, 5) is 21.5. The summed E-state index contributed by atoms with van der Waals surface area (Å²) in [6, 6.07) is 0. The lowest BCUT2D eigenvalue weighted by atomic mass is 10.2. The van der Waals surface area contributed by atoms with Gasteiger partial charge in [0.2, 0.25) is 0 Å². The zero-order valence-corrected chi connectivity index (χ0v) is 8.96. The molecular formula is C9H16N2O4. The first-order valence-corrected chi connectivity index (χ1v) is 4.66. The molecule has 0 saturated heterocycles. The number of hydrogen-bond donors (Lipinski definition) is 2. The number of alkyl carbamates (subject to hydrolysis) is 1. The lowest BCUT2D eigenvalue weighted by Gasteiger charge is -2.05. The molecule has 6 nitrogen and oxygen atoms in total. The SMILES string of the molecule is CCOC(=O)CC(=N)CCOC(=O)NC. The van der Waals surface area contributed by atoms with E-state index in [9.17, 15) is 9.59 Å². The zero-order chi connectivity index (χ0) is 11.7. The Bertz CT molecular complexity index is 240. The quantitative estimate of drug-likeness (QED) is 0.505. The first-order valence-electron chi connectivity index (χ1n) is 4.66. The van der Waals surface area contributed by atoms with Gasteiger partial charge in [0.15, 0.2) is 0 Å². The van der Waals surface area contributed by atoms with Gasteiger partial charge in [-0.2, -0.15) is 0 Å². The van der Waals surface area contributed by atoms with Crippen LogP contribution in [-0.2, 0) is 14.3 Å². The molecule has 6 heteroatoms. The zero-order valence-electron chi connectivity index (χ0n) is 8.96. The van der Waals surface area contributed by atoms with Crippen molar-refractivity contribution in [3.05, 3.63) is 0 Å². The van der Waals surface area contributed by atoms with Crippen LogP contribution in [0.5, 0.6) is 0 Å². The molecule has 0 aliphatic rings. The Morgan fingerprint density at radius 3 is 2.53 bits per heavy atom. The first-order chi connectivity index (χ1) is 7.10. The number of esters is 1. The summed E-state index contributed by atoms with van der Waals surface area (Å²) in [5.41, 5.74) is 0.192. The standard InChI is InChI=1S/C9H16N2O4/c1-3-14-8(12)6-7(10)4-5-15-9(13)11-2/h10H,3-6H2,1-2H3,(H,11,13). The number of carbonyl (C=O) groups is 2. The van der Waals surface area contributed by atoms with E-state index in [0.29, 0.717) is 6.61 Å². The molecule has 1 amide bonds. The Kier molecular flexibility index (Phi) is 6.96. The molecule has 0 saturated carbocycles. The third-order valence-corrected chi connectivity index (χ3v) is 1.50. The van der Waals surface area contributed by atoms with Gasteiger partial charge in [-0.05, 0) is 6.92 Å². The molecule has 0 aliphatic heterocycles. The number of rotatable bonds is 6. The fourth-order valence-electron chi connectivity index (χ4n) is 0.814. The maximum absolute atomic E-state index is 10.9. The van der Waals surface area contributed by atoms with E-state index in [1.807, 2.05) is 0 Å². The minimum Gasteiger partial charge on any atom is -0.466 e. The molecule has 0 aromatic heterocycles. The molecule has 0 unspecified atom stereocenters. The van der Waals surface area contributed by atoms with Crippen LogP contribution in [0.15, 0.2) is 0 Å². The molecule has 0 aromatic rings. The minimum absolute atomic E-state index is 0.0507. The van der Waals surface area contributed by atoms with Crippen LogP contribution in [0.2, 0.25) is 0 Å². The number of ether oxygens (including phenoxy) is 2. The maximum Gasteiger partial charge on any atom is 0.406 e. The highest BCUT2D eigenvalue weighted by Gasteiger charge is 2.07. The Morgan fingerprint density at radius 2 is 2.00 bits per heavy atom. The van der Waals surface area contributed by atoms with Crippen molar-refractivity contribution < 1.29 is 19.1 Å². The number of nitrogens with one attached hydrogen (secondary N) is 2. The van der Waals surface area contributed by atoms with Crippen molar-refractivity contribution >= 4 is 17.8 Å². The molecule has 0 radical (unpaired) electrons. The monoisotopic (exact) mass is 216 g/mol. The fraction of sp³-hybridized carbons (Fsp3) is 0.667. The van der Waals surface area contributed by atoms with Gasteiger partial charge in [-0.1, -0.05) is 0 Å². The summed E-state index contributed by atoms with van der Waals surface area (Å²) in [7, 11) is 1.45.